The minimum absolute atomic E-state index is 0.203. The summed E-state index contributed by atoms with van der Waals surface area (Å²) < 4.78 is 26.0. The standard InChI is InChI=1S/C18H27BrN2O3S2/c1-26(23,24)21(16-8-5-7-15(19)13-16)14-18(22)20-11-6-12-25-17-9-3-2-4-10-17/h5,7-8,13,17H,2-4,6,9-12,14H2,1H3,(H,20,22). The molecule has 0 aliphatic heterocycles. The Bertz CT molecular complexity index is 691. The van der Waals surface area contributed by atoms with Gasteiger partial charge in [-0.25, -0.2) is 8.42 Å². The number of carbonyl (C=O) groups is 1. The molecule has 1 N–H and O–H groups in total. The number of sulfonamides is 1. The lowest BCUT2D eigenvalue weighted by Crippen LogP contribution is -2.40. The van der Waals surface area contributed by atoms with E-state index in [1.807, 2.05) is 17.8 Å². The summed E-state index contributed by atoms with van der Waals surface area (Å²) in [6.45, 7) is 0.375. The van der Waals surface area contributed by atoms with Crippen LogP contribution in [0.5, 0.6) is 0 Å². The Morgan fingerprint density at radius 2 is 2.04 bits per heavy atom. The third kappa shape index (κ3) is 7.48. The van der Waals surface area contributed by atoms with E-state index in [-0.39, 0.29) is 12.5 Å². The lowest BCUT2D eigenvalue weighted by molar-refractivity contribution is -0.119. The summed E-state index contributed by atoms with van der Waals surface area (Å²) in [4.78, 5) is 12.2. The van der Waals surface area contributed by atoms with E-state index in [1.54, 1.807) is 18.2 Å². The number of rotatable bonds is 9. The molecule has 2 rings (SSSR count). The Labute approximate surface area is 169 Å². The van der Waals surface area contributed by atoms with Crippen LogP contribution in [-0.4, -0.2) is 44.7 Å². The van der Waals surface area contributed by atoms with E-state index in [0.717, 1.165) is 32.5 Å². The summed E-state index contributed by atoms with van der Waals surface area (Å²) in [6.07, 6.45) is 8.68. The van der Waals surface area contributed by atoms with E-state index < -0.39 is 10.0 Å². The molecule has 5 nitrogen and oxygen atoms in total. The molecule has 1 aliphatic rings. The number of carbonyl (C=O) groups excluding carboxylic acids is 1. The van der Waals surface area contributed by atoms with Crippen LogP contribution < -0.4 is 9.62 Å². The summed E-state index contributed by atoms with van der Waals surface area (Å²) >= 11 is 5.33. The predicted octanol–water partition coefficient (Wildman–Crippen LogP) is 3.79. The lowest BCUT2D eigenvalue weighted by atomic mass is 10.0. The topological polar surface area (TPSA) is 66.5 Å². The van der Waals surface area contributed by atoms with Gasteiger partial charge in [0.05, 0.1) is 11.9 Å². The number of hydrogen-bond donors (Lipinski definition) is 1. The summed E-state index contributed by atoms with van der Waals surface area (Å²) in [6, 6.07) is 6.93. The third-order valence-electron chi connectivity index (χ3n) is 4.33. The molecule has 1 aliphatic carbocycles. The molecule has 0 heterocycles. The van der Waals surface area contributed by atoms with Gasteiger partial charge < -0.3 is 5.32 Å². The monoisotopic (exact) mass is 462 g/mol. The van der Waals surface area contributed by atoms with E-state index >= 15 is 0 Å². The first-order valence-corrected chi connectivity index (χ1v) is 12.7. The summed E-state index contributed by atoms with van der Waals surface area (Å²) in [7, 11) is -3.53. The molecule has 1 saturated carbocycles. The van der Waals surface area contributed by atoms with Gasteiger partial charge in [0, 0.05) is 16.3 Å². The van der Waals surface area contributed by atoms with Crippen molar-refractivity contribution in [2.45, 2.75) is 43.8 Å². The first-order valence-electron chi connectivity index (χ1n) is 8.98. The highest BCUT2D eigenvalue weighted by molar-refractivity contribution is 9.10. The van der Waals surface area contributed by atoms with Crippen LogP contribution in [0.4, 0.5) is 5.69 Å². The summed E-state index contributed by atoms with van der Waals surface area (Å²) in [5.41, 5.74) is 0.477. The molecule has 1 amide bonds. The molecule has 146 valence electrons. The summed E-state index contributed by atoms with van der Waals surface area (Å²) in [5, 5.41) is 3.61. The van der Waals surface area contributed by atoms with Gasteiger partial charge in [-0.3, -0.25) is 9.10 Å². The summed E-state index contributed by atoms with van der Waals surface area (Å²) in [5.74, 6) is 0.755. The fourth-order valence-corrected chi connectivity index (χ4v) is 5.55. The van der Waals surface area contributed by atoms with Gasteiger partial charge in [0.25, 0.3) is 0 Å². The number of thioether (sulfide) groups is 1. The molecule has 8 heteroatoms. The molecule has 0 aromatic heterocycles. The third-order valence-corrected chi connectivity index (χ3v) is 7.43. The van der Waals surface area contributed by atoms with Crippen LogP contribution >= 0.6 is 27.7 Å². The number of nitrogens with one attached hydrogen (secondary N) is 1. The van der Waals surface area contributed by atoms with Crippen molar-refractivity contribution in [3.8, 4) is 0 Å². The average molecular weight is 463 g/mol. The highest BCUT2D eigenvalue weighted by Crippen LogP contribution is 2.28. The molecule has 1 fully saturated rings. The van der Waals surface area contributed by atoms with E-state index in [9.17, 15) is 13.2 Å². The molecule has 0 atom stereocenters. The van der Waals surface area contributed by atoms with Gasteiger partial charge in [0.2, 0.25) is 15.9 Å². The van der Waals surface area contributed by atoms with Crippen LogP contribution in [0.1, 0.15) is 38.5 Å². The van der Waals surface area contributed by atoms with E-state index in [1.165, 1.54) is 32.1 Å². The second-order valence-electron chi connectivity index (χ2n) is 6.58. The molecule has 1 aromatic rings. The molecule has 1 aromatic carbocycles. The average Bonchev–Trinajstić information content (AvgIpc) is 2.59. The first-order chi connectivity index (χ1) is 12.4. The van der Waals surface area contributed by atoms with Crippen LogP contribution in [0.25, 0.3) is 0 Å². The van der Waals surface area contributed by atoms with Crippen molar-refractivity contribution in [1.82, 2.24) is 5.32 Å². The molecule has 0 saturated heterocycles. The normalized spacial score (nSPS) is 15.6. The number of hydrogen-bond acceptors (Lipinski definition) is 4. The smallest absolute Gasteiger partial charge is 0.240 e. The van der Waals surface area contributed by atoms with Gasteiger partial charge in [-0.15, -0.1) is 0 Å². The van der Waals surface area contributed by atoms with E-state index in [0.29, 0.717) is 12.2 Å². The predicted molar refractivity (Wildman–Crippen MR) is 113 cm³/mol. The zero-order chi connectivity index (χ0) is 19.0. The van der Waals surface area contributed by atoms with Crippen LogP contribution in [0.3, 0.4) is 0 Å². The quantitative estimate of drug-likeness (QED) is 0.566. The van der Waals surface area contributed by atoms with E-state index in [4.69, 9.17) is 0 Å². The van der Waals surface area contributed by atoms with Crippen LogP contribution in [0, 0.1) is 0 Å². The van der Waals surface area contributed by atoms with Crippen molar-refractivity contribution < 1.29 is 13.2 Å². The zero-order valence-corrected chi connectivity index (χ0v) is 18.3. The Kier molecular flexibility index (Phi) is 8.76. The van der Waals surface area contributed by atoms with Crippen molar-refractivity contribution in [2.24, 2.45) is 0 Å². The minimum Gasteiger partial charge on any atom is -0.354 e. The van der Waals surface area contributed by atoms with E-state index in [2.05, 4.69) is 21.2 Å². The second-order valence-corrected chi connectivity index (χ2v) is 10.8. The second kappa shape index (κ2) is 10.6. The number of amides is 1. The molecule has 26 heavy (non-hydrogen) atoms. The Morgan fingerprint density at radius 3 is 2.69 bits per heavy atom. The molecule has 0 spiro atoms. The molecule has 0 unspecified atom stereocenters. The van der Waals surface area contributed by atoms with Gasteiger partial charge >= 0.3 is 0 Å². The molecular formula is C18H27BrN2O3S2. The van der Waals surface area contributed by atoms with Crippen LogP contribution in [0.2, 0.25) is 0 Å². The lowest BCUT2D eigenvalue weighted by Gasteiger charge is -2.22. The zero-order valence-electron chi connectivity index (χ0n) is 15.1. The minimum atomic E-state index is -3.53. The number of halogens is 1. The van der Waals surface area contributed by atoms with Gasteiger partial charge in [-0.2, -0.15) is 11.8 Å². The maximum atomic E-state index is 12.2. The number of anilines is 1. The van der Waals surface area contributed by atoms with Crippen molar-refractivity contribution in [2.75, 3.05) is 29.4 Å². The SMILES string of the molecule is CS(=O)(=O)N(CC(=O)NCCCSC1CCCCC1)c1cccc(Br)c1. The molecule has 0 radical (unpaired) electrons. The highest BCUT2D eigenvalue weighted by Gasteiger charge is 2.21. The maximum absolute atomic E-state index is 12.2. The Hall–Kier alpha value is -0.730. The fraction of sp³-hybridized carbons (Fsp3) is 0.611. The van der Waals surface area contributed by atoms with Gasteiger partial charge in [-0.1, -0.05) is 41.3 Å². The number of benzene rings is 1. The number of nitrogens with zero attached hydrogens (tertiary/aromatic N) is 1. The molecular weight excluding hydrogens is 436 g/mol. The van der Waals surface area contributed by atoms with Crippen molar-refractivity contribution in [3.05, 3.63) is 28.7 Å². The van der Waals surface area contributed by atoms with Gasteiger partial charge in [0.15, 0.2) is 0 Å². The van der Waals surface area contributed by atoms with Crippen molar-refractivity contribution in [1.29, 1.82) is 0 Å². The first kappa shape index (κ1) is 21.6. The van der Waals surface area contributed by atoms with Crippen molar-refractivity contribution >= 4 is 49.3 Å². The largest absolute Gasteiger partial charge is 0.354 e. The van der Waals surface area contributed by atoms with Crippen molar-refractivity contribution in [3.63, 3.8) is 0 Å². The Balaban J connectivity index is 1.76. The maximum Gasteiger partial charge on any atom is 0.240 e. The van der Waals surface area contributed by atoms with Crippen LogP contribution in [0.15, 0.2) is 28.7 Å². The van der Waals surface area contributed by atoms with Gasteiger partial charge in [-0.05, 0) is 43.2 Å². The fourth-order valence-electron chi connectivity index (χ4n) is 3.00. The Morgan fingerprint density at radius 1 is 1.31 bits per heavy atom. The highest BCUT2D eigenvalue weighted by atomic mass is 79.9. The molecule has 0 bridgehead atoms. The van der Waals surface area contributed by atoms with Gasteiger partial charge in [0.1, 0.15) is 6.54 Å². The van der Waals surface area contributed by atoms with Crippen LogP contribution in [-0.2, 0) is 14.8 Å².